The van der Waals surface area contributed by atoms with Gasteiger partial charge >= 0.3 is 0 Å². The Balaban J connectivity index is 3.19. The van der Waals surface area contributed by atoms with Crippen molar-refractivity contribution in [3.63, 3.8) is 0 Å². The number of rotatable bonds is 1. The quantitative estimate of drug-likeness (QED) is 0.450. The molecule has 0 fully saturated rings. The molecule has 0 aromatic carbocycles. The van der Waals surface area contributed by atoms with E-state index in [1.807, 2.05) is 0 Å². The fourth-order valence-corrected chi connectivity index (χ4v) is 1.22. The minimum atomic E-state index is -0.748. The lowest BCUT2D eigenvalue weighted by Crippen LogP contribution is -1.96. The van der Waals surface area contributed by atoms with Crippen molar-refractivity contribution in [2.75, 3.05) is 0 Å². The van der Waals surface area contributed by atoms with Crippen molar-refractivity contribution in [2.24, 2.45) is 0 Å². The molecule has 0 radical (unpaired) electrons. The van der Waals surface area contributed by atoms with Crippen LogP contribution in [0.5, 0.6) is 0 Å². The Labute approximate surface area is 80.9 Å². The maximum absolute atomic E-state index is 12.5. The van der Waals surface area contributed by atoms with Crippen molar-refractivity contribution in [1.82, 2.24) is 4.98 Å². The first kappa shape index (κ1) is 8.86. The number of aromatic nitrogens is 1. The molecule has 2 nitrogen and oxygen atoms in total. The Morgan fingerprint density at radius 3 is 2.73 bits per heavy atom. The van der Waals surface area contributed by atoms with E-state index in [2.05, 4.69) is 4.98 Å². The van der Waals surface area contributed by atoms with Crippen LogP contribution in [-0.2, 0) is 0 Å². The van der Waals surface area contributed by atoms with Crippen molar-refractivity contribution in [2.45, 2.75) is 0 Å². The van der Waals surface area contributed by atoms with Crippen LogP contribution in [0.2, 0.25) is 0 Å². The van der Waals surface area contributed by atoms with Crippen LogP contribution in [0.4, 0.5) is 4.39 Å². The molecular formula is C6H2ClFINO. The molecule has 1 heterocycles. The zero-order valence-corrected chi connectivity index (χ0v) is 8.06. The Bertz CT molecular complexity index is 284. The fraction of sp³-hybridized carbons (Fsp3) is 0. The van der Waals surface area contributed by atoms with Crippen molar-refractivity contribution in [1.29, 1.82) is 0 Å². The molecule has 0 aliphatic rings. The molecule has 0 atom stereocenters. The normalized spacial score (nSPS) is 9.73. The molecule has 0 unspecified atom stereocenters. The van der Waals surface area contributed by atoms with Gasteiger partial charge in [0.25, 0.3) is 5.24 Å². The van der Waals surface area contributed by atoms with E-state index in [1.54, 1.807) is 22.6 Å². The number of pyridine rings is 1. The maximum atomic E-state index is 12.5. The third-order valence-electron chi connectivity index (χ3n) is 0.960. The summed E-state index contributed by atoms with van der Waals surface area (Å²) >= 11 is 6.88. The average molecular weight is 285 g/mol. The summed E-state index contributed by atoms with van der Waals surface area (Å²) in [5.41, 5.74) is -0.0592. The summed E-state index contributed by atoms with van der Waals surface area (Å²) in [6.07, 6.45) is 0. The van der Waals surface area contributed by atoms with Gasteiger partial charge in [0, 0.05) is 12.1 Å². The van der Waals surface area contributed by atoms with Gasteiger partial charge in [0.05, 0.1) is 0 Å². The van der Waals surface area contributed by atoms with Crippen molar-refractivity contribution < 1.29 is 9.18 Å². The predicted molar refractivity (Wildman–Crippen MR) is 47.1 cm³/mol. The zero-order valence-electron chi connectivity index (χ0n) is 5.14. The molecule has 0 spiro atoms. The highest BCUT2D eigenvalue weighted by atomic mass is 127. The van der Waals surface area contributed by atoms with E-state index in [0.29, 0.717) is 3.70 Å². The molecule has 0 aliphatic carbocycles. The van der Waals surface area contributed by atoms with Crippen LogP contribution < -0.4 is 0 Å². The summed E-state index contributed by atoms with van der Waals surface area (Å²) in [7, 11) is 0. The minimum absolute atomic E-state index is 0.0592. The van der Waals surface area contributed by atoms with Gasteiger partial charge in [-0.3, -0.25) is 4.79 Å². The smallest absolute Gasteiger partial charge is 0.270 e. The number of carbonyl (C=O) groups is 1. The van der Waals surface area contributed by atoms with E-state index in [0.717, 1.165) is 6.07 Å². The van der Waals surface area contributed by atoms with Gasteiger partial charge in [-0.2, -0.15) is 0 Å². The molecular weight excluding hydrogens is 283 g/mol. The topological polar surface area (TPSA) is 30.0 Å². The highest BCUT2D eigenvalue weighted by molar-refractivity contribution is 14.1. The highest BCUT2D eigenvalue weighted by Crippen LogP contribution is 2.08. The molecule has 1 rings (SSSR count). The predicted octanol–water partition coefficient (Wildman–Crippen LogP) is 2.20. The summed E-state index contributed by atoms with van der Waals surface area (Å²) in [4.78, 5) is 14.2. The number of hydrogen-bond donors (Lipinski definition) is 0. The second-order valence-corrected chi connectivity index (χ2v) is 3.22. The van der Waals surface area contributed by atoms with Gasteiger partial charge in [-0.15, -0.1) is 0 Å². The SMILES string of the molecule is O=C(Cl)c1cc(F)cc(I)n1. The van der Waals surface area contributed by atoms with Crippen LogP contribution in [0.15, 0.2) is 12.1 Å². The van der Waals surface area contributed by atoms with Gasteiger partial charge < -0.3 is 0 Å². The highest BCUT2D eigenvalue weighted by Gasteiger charge is 2.05. The number of nitrogens with zero attached hydrogens (tertiary/aromatic N) is 1. The Hall–Kier alpha value is -0.230. The molecule has 0 saturated heterocycles. The Morgan fingerprint density at radius 1 is 1.64 bits per heavy atom. The largest absolute Gasteiger partial charge is 0.274 e. The van der Waals surface area contributed by atoms with Crippen molar-refractivity contribution >= 4 is 39.4 Å². The number of halogens is 3. The van der Waals surface area contributed by atoms with Crippen molar-refractivity contribution in [3.05, 3.63) is 27.3 Å². The van der Waals surface area contributed by atoms with Gasteiger partial charge in [-0.25, -0.2) is 9.37 Å². The number of carbonyl (C=O) groups excluding carboxylic acids is 1. The molecule has 0 aliphatic heterocycles. The minimum Gasteiger partial charge on any atom is -0.274 e. The van der Waals surface area contributed by atoms with Gasteiger partial charge in [-0.05, 0) is 34.2 Å². The zero-order chi connectivity index (χ0) is 8.43. The summed E-state index contributed by atoms with van der Waals surface area (Å²) in [5.74, 6) is -0.506. The summed E-state index contributed by atoms with van der Waals surface area (Å²) in [6, 6.07) is 2.21. The van der Waals surface area contributed by atoms with Gasteiger partial charge in [0.15, 0.2) is 0 Å². The average Bonchev–Trinajstić information content (AvgIpc) is 1.85. The van der Waals surface area contributed by atoms with Gasteiger partial charge in [-0.1, -0.05) is 0 Å². The second kappa shape index (κ2) is 3.44. The molecule has 58 valence electrons. The van der Waals surface area contributed by atoms with E-state index < -0.39 is 11.1 Å². The van der Waals surface area contributed by atoms with E-state index >= 15 is 0 Å². The third kappa shape index (κ3) is 2.37. The summed E-state index contributed by atoms with van der Waals surface area (Å²) < 4.78 is 12.9. The van der Waals surface area contributed by atoms with Crippen molar-refractivity contribution in [3.8, 4) is 0 Å². The molecule has 5 heteroatoms. The summed E-state index contributed by atoms with van der Waals surface area (Å²) in [6.45, 7) is 0. The van der Waals surface area contributed by atoms with Gasteiger partial charge in [0.2, 0.25) is 0 Å². The molecule has 0 bridgehead atoms. The third-order valence-corrected chi connectivity index (χ3v) is 1.71. The standard InChI is InChI=1S/C6H2ClFINO/c7-6(11)4-1-3(8)2-5(9)10-4/h1-2H. The van der Waals surface area contributed by atoms with Crippen LogP contribution in [0.25, 0.3) is 0 Å². The molecule has 1 aromatic rings. The molecule has 0 saturated carbocycles. The first-order valence-electron chi connectivity index (χ1n) is 2.62. The van der Waals surface area contributed by atoms with Crippen LogP contribution in [0.3, 0.4) is 0 Å². The van der Waals surface area contributed by atoms with E-state index in [9.17, 15) is 9.18 Å². The monoisotopic (exact) mass is 285 g/mol. The Morgan fingerprint density at radius 2 is 2.27 bits per heavy atom. The van der Waals surface area contributed by atoms with Crippen LogP contribution in [-0.4, -0.2) is 10.2 Å². The molecule has 1 aromatic heterocycles. The lowest BCUT2D eigenvalue weighted by atomic mass is 10.4. The molecule has 0 amide bonds. The lowest BCUT2D eigenvalue weighted by Gasteiger charge is -1.94. The van der Waals surface area contributed by atoms with Crippen LogP contribution in [0, 0.1) is 9.52 Å². The van der Waals surface area contributed by atoms with E-state index in [1.165, 1.54) is 6.07 Å². The first-order chi connectivity index (χ1) is 5.09. The van der Waals surface area contributed by atoms with Crippen LogP contribution in [0.1, 0.15) is 10.5 Å². The fourth-order valence-electron chi connectivity index (χ4n) is 0.566. The number of hydrogen-bond acceptors (Lipinski definition) is 2. The summed E-state index contributed by atoms with van der Waals surface area (Å²) in [5, 5.41) is -0.748. The Kier molecular flexibility index (Phi) is 2.78. The van der Waals surface area contributed by atoms with E-state index in [-0.39, 0.29) is 5.69 Å². The molecule has 0 N–H and O–H groups in total. The molecule has 11 heavy (non-hydrogen) atoms. The lowest BCUT2D eigenvalue weighted by molar-refractivity contribution is 0.107. The first-order valence-corrected chi connectivity index (χ1v) is 4.08. The maximum Gasteiger partial charge on any atom is 0.270 e. The van der Waals surface area contributed by atoms with E-state index in [4.69, 9.17) is 11.6 Å². The van der Waals surface area contributed by atoms with Gasteiger partial charge in [0.1, 0.15) is 15.2 Å². The van der Waals surface area contributed by atoms with Crippen LogP contribution >= 0.6 is 34.2 Å². The second-order valence-electron chi connectivity index (χ2n) is 1.77.